The van der Waals surface area contributed by atoms with Crippen LogP contribution in [0.25, 0.3) is 11.3 Å². The lowest BCUT2D eigenvalue weighted by Crippen LogP contribution is -2.08. The number of para-hydroxylation sites is 2. The second kappa shape index (κ2) is 8.63. The van der Waals surface area contributed by atoms with Crippen LogP contribution >= 0.6 is 11.6 Å². The number of furan rings is 1. The van der Waals surface area contributed by atoms with Crippen LogP contribution in [0.4, 0.5) is 17.1 Å². The van der Waals surface area contributed by atoms with Gasteiger partial charge in [0.2, 0.25) is 0 Å². The summed E-state index contributed by atoms with van der Waals surface area (Å²) in [5.74, 6) is 1.03. The predicted octanol–water partition coefficient (Wildman–Crippen LogP) is 6.68. The van der Waals surface area contributed by atoms with E-state index in [-0.39, 0.29) is 10.7 Å². The van der Waals surface area contributed by atoms with Gasteiger partial charge < -0.3 is 4.42 Å². The summed E-state index contributed by atoms with van der Waals surface area (Å²) in [6.45, 7) is 0. The van der Waals surface area contributed by atoms with E-state index in [1.54, 1.807) is 29.4 Å². The van der Waals surface area contributed by atoms with Crippen LogP contribution < -0.4 is 5.01 Å². The Bertz CT molecular complexity index is 1150. The number of non-ortho nitro benzene ring substituents is 1. The first-order valence-electron chi connectivity index (χ1n) is 9.10. The van der Waals surface area contributed by atoms with Crippen molar-refractivity contribution in [1.29, 1.82) is 0 Å². The van der Waals surface area contributed by atoms with E-state index in [1.807, 2.05) is 60.7 Å². The average Bonchev–Trinajstić information content (AvgIpc) is 3.24. The lowest BCUT2D eigenvalue weighted by Gasteiger charge is -2.18. The van der Waals surface area contributed by atoms with Crippen molar-refractivity contribution in [2.45, 2.75) is 0 Å². The molecule has 0 atom stereocenters. The smallest absolute Gasteiger partial charge is 0.270 e. The van der Waals surface area contributed by atoms with Crippen molar-refractivity contribution in [3.05, 3.63) is 112 Å². The van der Waals surface area contributed by atoms with Crippen LogP contribution in [0.3, 0.4) is 0 Å². The number of benzene rings is 3. The number of rotatable bonds is 6. The molecule has 4 rings (SSSR count). The average molecular weight is 418 g/mol. The summed E-state index contributed by atoms with van der Waals surface area (Å²) in [5, 5.41) is 17.5. The van der Waals surface area contributed by atoms with Gasteiger partial charge >= 0.3 is 0 Å². The zero-order valence-electron chi connectivity index (χ0n) is 15.7. The summed E-state index contributed by atoms with van der Waals surface area (Å²) >= 11 is 6.20. The molecule has 7 heteroatoms. The topological polar surface area (TPSA) is 71.9 Å². The summed E-state index contributed by atoms with van der Waals surface area (Å²) in [6.07, 6.45) is 1.61. The Balaban J connectivity index is 1.62. The molecule has 6 nitrogen and oxygen atoms in total. The Morgan fingerprint density at radius 3 is 2.10 bits per heavy atom. The zero-order chi connectivity index (χ0) is 20.9. The fourth-order valence-corrected chi connectivity index (χ4v) is 3.19. The number of nitro groups is 1. The Kier molecular flexibility index (Phi) is 5.59. The molecule has 4 aromatic rings. The van der Waals surface area contributed by atoms with Gasteiger partial charge in [-0.25, -0.2) is 5.01 Å². The molecule has 0 N–H and O–H groups in total. The Hall–Kier alpha value is -3.90. The minimum atomic E-state index is -0.488. The predicted molar refractivity (Wildman–Crippen MR) is 118 cm³/mol. The number of hydrogen-bond donors (Lipinski definition) is 0. The highest BCUT2D eigenvalue weighted by Gasteiger charge is 2.13. The molecular formula is C23H16ClN3O3. The van der Waals surface area contributed by atoms with Gasteiger partial charge in [0.05, 0.1) is 27.5 Å². The highest BCUT2D eigenvalue weighted by atomic mass is 35.5. The van der Waals surface area contributed by atoms with Gasteiger partial charge in [-0.05, 0) is 42.5 Å². The molecule has 0 unspecified atom stereocenters. The number of hydrazone groups is 1. The first-order chi connectivity index (χ1) is 14.6. The molecule has 3 aromatic carbocycles. The quantitative estimate of drug-likeness (QED) is 0.199. The molecule has 0 bridgehead atoms. The fraction of sp³-hybridized carbons (Fsp3) is 0. The van der Waals surface area contributed by atoms with E-state index in [2.05, 4.69) is 5.10 Å². The lowest BCUT2D eigenvalue weighted by atomic mass is 10.1. The van der Waals surface area contributed by atoms with Crippen molar-refractivity contribution < 1.29 is 9.34 Å². The minimum absolute atomic E-state index is 0.0709. The maximum atomic E-state index is 10.9. The molecule has 0 aliphatic rings. The van der Waals surface area contributed by atoms with Crippen molar-refractivity contribution >= 4 is 34.9 Å². The van der Waals surface area contributed by atoms with Gasteiger partial charge in [-0.1, -0.05) is 48.0 Å². The number of hydrogen-bond acceptors (Lipinski definition) is 5. The summed E-state index contributed by atoms with van der Waals surface area (Å²) in [6, 6.07) is 27.3. The molecule has 30 heavy (non-hydrogen) atoms. The van der Waals surface area contributed by atoms with Gasteiger partial charge in [0.15, 0.2) is 0 Å². The third-order valence-corrected chi connectivity index (χ3v) is 4.67. The standard InChI is InChI=1S/C23H16ClN3O3/c24-22-15-19(27(28)29)11-13-21(22)23-14-12-20(30-23)16-25-26(17-7-3-1-4-8-17)18-9-5-2-6-10-18/h1-16H/b25-16+. The minimum Gasteiger partial charge on any atom is -0.455 e. The summed E-state index contributed by atoms with van der Waals surface area (Å²) in [7, 11) is 0. The van der Waals surface area contributed by atoms with E-state index in [9.17, 15) is 10.1 Å². The highest BCUT2D eigenvalue weighted by molar-refractivity contribution is 6.33. The van der Waals surface area contributed by atoms with Crippen molar-refractivity contribution in [1.82, 2.24) is 0 Å². The molecule has 1 aromatic heterocycles. The van der Waals surface area contributed by atoms with Gasteiger partial charge in [-0.3, -0.25) is 10.1 Å². The van der Waals surface area contributed by atoms with Crippen LogP contribution in [0.1, 0.15) is 5.76 Å². The monoisotopic (exact) mass is 417 g/mol. The maximum absolute atomic E-state index is 10.9. The van der Waals surface area contributed by atoms with Gasteiger partial charge in [0.1, 0.15) is 11.5 Å². The van der Waals surface area contributed by atoms with Crippen molar-refractivity contribution in [2.75, 3.05) is 5.01 Å². The first-order valence-corrected chi connectivity index (χ1v) is 9.48. The summed E-state index contributed by atoms with van der Waals surface area (Å²) < 4.78 is 5.84. The van der Waals surface area contributed by atoms with Gasteiger partial charge in [0.25, 0.3) is 5.69 Å². The number of anilines is 2. The van der Waals surface area contributed by atoms with Gasteiger partial charge in [-0.2, -0.15) is 5.10 Å². The van der Waals surface area contributed by atoms with Gasteiger partial charge in [-0.15, -0.1) is 0 Å². The highest BCUT2D eigenvalue weighted by Crippen LogP contribution is 2.32. The third-order valence-electron chi connectivity index (χ3n) is 4.36. The Labute approximate surface area is 177 Å². The number of nitrogens with zero attached hydrogens (tertiary/aromatic N) is 3. The largest absolute Gasteiger partial charge is 0.455 e. The molecular weight excluding hydrogens is 402 g/mol. The fourth-order valence-electron chi connectivity index (χ4n) is 2.92. The Morgan fingerprint density at radius 1 is 0.900 bits per heavy atom. The van der Waals surface area contributed by atoms with E-state index in [1.165, 1.54) is 12.1 Å². The molecule has 0 fully saturated rings. The lowest BCUT2D eigenvalue weighted by molar-refractivity contribution is -0.384. The van der Waals surface area contributed by atoms with E-state index in [0.29, 0.717) is 17.1 Å². The van der Waals surface area contributed by atoms with Crippen molar-refractivity contribution in [2.24, 2.45) is 5.10 Å². The summed E-state index contributed by atoms with van der Waals surface area (Å²) in [5.41, 5.74) is 2.32. The molecule has 0 aliphatic carbocycles. The van der Waals surface area contributed by atoms with E-state index in [0.717, 1.165) is 11.4 Å². The number of halogens is 1. The first kappa shape index (κ1) is 19.4. The van der Waals surface area contributed by atoms with Crippen molar-refractivity contribution in [3.63, 3.8) is 0 Å². The van der Waals surface area contributed by atoms with E-state index in [4.69, 9.17) is 16.0 Å². The number of nitro benzene ring substituents is 1. The van der Waals surface area contributed by atoms with E-state index >= 15 is 0 Å². The van der Waals surface area contributed by atoms with Crippen LogP contribution in [0, 0.1) is 10.1 Å². The van der Waals surface area contributed by atoms with Crippen LogP contribution in [-0.2, 0) is 0 Å². The molecule has 0 spiro atoms. The SMILES string of the molecule is O=[N+]([O-])c1ccc(-c2ccc(/C=N/N(c3ccccc3)c3ccccc3)o2)c(Cl)c1. The second-order valence-electron chi connectivity index (χ2n) is 6.35. The molecule has 0 saturated carbocycles. The Morgan fingerprint density at radius 2 is 1.53 bits per heavy atom. The molecule has 0 aliphatic heterocycles. The van der Waals surface area contributed by atoms with Crippen LogP contribution in [0.2, 0.25) is 5.02 Å². The molecule has 0 amide bonds. The molecule has 0 saturated heterocycles. The third kappa shape index (κ3) is 4.24. The maximum Gasteiger partial charge on any atom is 0.270 e. The van der Waals surface area contributed by atoms with Crippen LogP contribution in [0.15, 0.2) is 101 Å². The van der Waals surface area contributed by atoms with Crippen LogP contribution in [-0.4, -0.2) is 11.1 Å². The van der Waals surface area contributed by atoms with Crippen molar-refractivity contribution in [3.8, 4) is 11.3 Å². The van der Waals surface area contributed by atoms with E-state index < -0.39 is 4.92 Å². The summed E-state index contributed by atoms with van der Waals surface area (Å²) in [4.78, 5) is 10.4. The normalized spacial score (nSPS) is 11.0. The van der Waals surface area contributed by atoms with Gasteiger partial charge in [0, 0.05) is 17.7 Å². The molecule has 0 radical (unpaired) electrons. The second-order valence-corrected chi connectivity index (χ2v) is 6.76. The zero-order valence-corrected chi connectivity index (χ0v) is 16.4. The van der Waals surface area contributed by atoms with Crippen LogP contribution in [0.5, 0.6) is 0 Å². The molecule has 148 valence electrons. The molecule has 1 heterocycles.